The minimum absolute atomic E-state index is 0.00236. The molecule has 0 heterocycles. The minimum atomic E-state index is -0.348. The average Bonchev–Trinajstić information content (AvgIpc) is 2.81. The molecule has 0 spiro atoms. The zero-order chi connectivity index (χ0) is 26.0. The molecule has 2 atom stereocenters. The van der Waals surface area contributed by atoms with Crippen LogP contribution in [0.2, 0.25) is 0 Å². The van der Waals surface area contributed by atoms with E-state index < -0.39 is 0 Å². The maximum atomic E-state index is 13.4. The third kappa shape index (κ3) is 8.88. The van der Waals surface area contributed by atoms with Crippen molar-refractivity contribution >= 4 is 11.6 Å². The fourth-order valence-corrected chi connectivity index (χ4v) is 4.47. The predicted molar refractivity (Wildman–Crippen MR) is 145 cm³/mol. The first-order chi connectivity index (χ1) is 16.6. The SMILES string of the molecule is CCCCCC(CC(=O)Nc1cc(CCC(C)O)ccc1C(C)(C)C)c1ccc(OC)cc1OC. The van der Waals surface area contributed by atoms with E-state index in [2.05, 4.69) is 51.2 Å². The van der Waals surface area contributed by atoms with Crippen LogP contribution in [0.4, 0.5) is 5.69 Å². The highest BCUT2D eigenvalue weighted by atomic mass is 16.5. The van der Waals surface area contributed by atoms with Gasteiger partial charge in [-0.15, -0.1) is 0 Å². The molecule has 0 saturated carbocycles. The molecule has 2 aromatic rings. The van der Waals surface area contributed by atoms with Crippen molar-refractivity contribution < 1.29 is 19.4 Å². The van der Waals surface area contributed by atoms with Crippen molar-refractivity contribution in [2.45, 2.75) is 97.0 Å². The number of methoxy groups -OCH3 is 2. The molecule has 5 nitrogen and oxygen atoms in total. The van der Waals surface area contributed by atoms with Crippen LogP contribution >= 0.6 is 0 Å². The summed E-state index contributed by atoms with van der Waals surface area (Å²) < 4.78 is 11.0. The molecule has 0 aromatic heterocycles. The van der Waals surface area contributed by atoms with Crippen molar-refractivity contribution in [2.24, 2.45) is 0 Å². The zero-order valence-corrected chi connectivity index (χ0v) is 22.7. The summed E-state index contributed by atoms with van der Waals surface area (Å²) in [4.78, 5) is 13.4. The Balaban J connectivity index is 2.30. The van der Waals surface area contributed by atoms with Gasteiger partial charge >= 0.3 is 0 Å². The highest BCUT2D eigenvalue weighted by Gasteiger charge is 2.23. The molecule has 0 fully saturated rings. The first-order valence-electron chi connectivity index (χ1n) is 12.9. The molecule has 0 aliphatic carbocycles. The molecule has 0 aliphatic rings. The minimum Gasteiger partial charge on any atom is -0.497 e. The van der Waals surface area contributed by atoms with Gasteiger partial charge in [0, 0.05) is 18.2 Å². The topological polar surface area (TPSA) is 67.8 Å². The molecule has 0 saturated heterocycles. The first-order valence-corrected chi connectivity index (χ1v) is 12.9. The number of carbonyl (C=O) groups is 1. The summed E-state index contributed by atoms with van der Waals surface area (Å²) in [7, 11) is 3.30. The number of aliphatic hydroxyl groups excluding tert-OH is 1. The Morgan fingerprint density at radius 2 is 1.77 bits per heavy atom. The Labute approximate surface area is 212 Å². The molecule has 0 aliphatic heterocycles. The second-order valence-electron chi connectivity index (χ2n) is 10.6. The van der Waals surface area contributed by atoms with Crippen LogP contribution in [0.1, 0.15) is 95.8 Å². The van der Waals surface area contributed by atoms with E-state index in [9.17, 15) is 9.90 Å². The van der Waals surface area contributed by atoms with Gasteiger partial charge in [-0.2, -0.15) is 0 Å². The molecule has 2 unspecified atom stereocenters. The van der Waals surface area contributed by atoms with Crippen LogP contribution in [0.5, 0.6) is 11.5 Å². The van der Waals surface area contributed by atoms with Gasteiger partial charge < -0.3 is 19.9 Å². The van der Waals surface area contributed by atoms with Gasteiger partial charge in [-0.1, -0.05) is 65.2 Å². The molecule has 2 N–H and O–H groups in total. The number of rotatable bonds is 13. The summed E-state index contributed by atoms with van der Waals surface area (Å²) in [6.07, 6.45) is 5.75. The van der Waals surface area contributed by atoms with Crippen LogP contribution in [0.25, 0.3) is 0 Å². The molecule has 194 valence electrons. The number of carbonyl (C=O) groups excluding carboxylic acids is 1. The number of hydrogen-bond acceptors (Lipinski definition) is 4. The van der Waals surface area contributed by atoms with Gasteiger partial charge in [-0.25, -0.2) is 0 Å². The average molecular weight is 484 g/mol. The standard InChI is InChI=1S/C30H45NO4/c1-8-9-10-11-23(25-16-15-24(34-6)20-28(25)35-7)19-29(33)31-27-18-22(13-12-21(2)32)14-17-26(27)30(3,4)5/h14-18,20-21,23,32H,8-13,19H2,1-7H3,(H,31,33). The molecular weight excluding hydrogens is 438 g/mol. The largest absolute Gasteiger partial charge is 0.497 e. The maximum absolute atomic E-state index is 13.4. The van der Waals surface area contributed by atoms with E-state index in [1.165, 1.54) is 0 Å². The highest BCUT2D eigenvalue weighted by molar-refractivity contribution is 5.92. The van der Waals surface area contributed by atoms with Gasteiger partial charge in [0.15, 0.2) is 0 Å². The monoisotopic (exact) mass is 483 g/mol. The third-order valence-electron chi connectivity index (χ3n) is 6.49. The van der Waals surface area contributed by atoms with Gasteiger partial charge in [0.1, 0.15) is 11.5 Å². The summed E-state index contributed by atoms with van der Waals surface area (Å²) in [5.74, 6) is 1.56. The van der Waals surface area contributed by atoms with Crippen LogP contribution < -0.4 is 14.8 Å². The number of nitrogens with one attached hydrogen (secondary N) is 1. The first kappa shape index (κ1) is 28.7. The number of benzene rings is 2. The van der Waals surface area contributed by atoms with Gasteiger partial charge in [0.2, 0.25) is 5.91 Å². The van der Waals surface area contributed by atoms with E-state index in [-0.39, 0.29) is 23.3 Å². The number of aryl methyl sites for hydroxylation is 1. The molecular formula is C30H45NO4. The van der Waals surface area contributed by atoms with Crippen molar-refractivity contribution in [1.82, 2.24) is 0 Å². The quantitative estimate of drug-likeness (QED) is 0.301. The van der Waals surface area contributed by atoms with Gasteiger partial charge in [-0.3, -0.25) is 4.79 Å². The Bertz CT molecular complexity index is 946. The number of aliphatic hydroxyl groups is 1. The maximum Gasteiger partial charge on any atom is 0.224 e. The van der Waals surface area contributed by atoms with E-state index in [1.807, 2.05) is 18.2 Å². The molecule has 0 bridgehead atoms. The van der Waals surface area contributed by atoms with Gasteiger partial charge in [-0.05, 0) is 66.3 Å². The van der Waals surface area contributed by atoms with Gasteiger partial charge in [0.25, 0.3) is 0 Å². The van der Waals surface area contributed by atoms with E-state index in [0.29, 0.717) is 12.8 Å². The molecule has 5 heteroatoms. The van der Waals surface area contributed by atoms with E-state index in [1.54, 1.807) is 21.1 Å². The summed E-state index contributed by atoms with van der Waals surface area (Å²) in [6.45, 7) is 10.5. The van der Waals surface area contributed by atoms with Crippen LogP contribution in [-0.2, 0) is 16.6 Å². The van der Waals surface area contributed by atoms with Crippen LogP contribution in [0.3, 0.4) is 0 Å². The second kappa shape index (κ2) is 13.5. The summed E-state index contributed by atoms with van der Waals surface area (Å²) in [5.41, 5.74) is 4.02. The Morgan fingerprint density at radius 3 is 2.37 bits per heavy atom. The zero-order valence-electron chi connectivity index (χ0n) is 22.7. The molecule has 35 heavy (non-hydrogen) atoms. The Morgan fingerprint density at radius 1 is 1.03 bits per heavy atom. The number of ether oxygens (including phenoxy) is 2. The lowest BCUT2D eigenvalue weighted by Gasteiger charge is -2.25. The van der Waals surface area contributed by atoms with Crippen molar-refractivity contribution in [3.8, 4) is 11.5 Å². The molecule has 1 amide bonds. The lowest BCUT2D eigenvalue weighted by atomic mass is 9.84. The van der Waals surface area contributed by atoms with Crippen molar-refractivity contribution in [2.75, 3.05) is 19.5 Å². The molecule has 0 radical (unpaired) electrons. The van der Waals surface area contributed by atoms with Crippen LogP contribution in [0, 0.1) is 0 Å². The molecule has 2 aromatic carbocycles. The Hall–Kier alpha value is -2.53. The van der Waals surface area contributed by atoms with Gasteiger partial charge in [0.05, 0.1) is 20.3 Å². The lowest BCUT2D eigenvalue weighted by molar-refractivity contribution is -0.116. The van der Waals surface area contributed by atoms with Crippen molar-refractivity contribution in [3.05, 3.63) is 53.1 Å². The van der Waals surface area contributed by atoms with Crippen molar-refractivity contribution in [3.63, 3.8) is 0 Å². The highest BCUT2D eigenvalue weighted by Crippen LogP contribution is 2.36. The normalized spacial score (nSPS) is 13.3. The predicted octanol–water partition coefficient (Wildman–Crippen LogP) is 7.01. The summed E-state index contributed by atoms with van der Waals surface area (Å²) >= 11 is 0. The molecule has 2 rings (SSSR count). The smallest absolute Gasteiger partial charge is 0.224 e. The number of unbranched alkanes of at least 4 members (excludes halogenated alkanes) is 2. The fraction of sp³-hybridized carbons (Fsp3) is 0.567. The van der Waals surface area contributed by atoms with Crippen molar-refractivity contribution in [1.29, 1.82) is 0 Å². The second-order valence-corrected chi connectivity index (χ2v) is 10.6. The van der Waals surface area contributed by atoms with E-state index >= 15 is 0 Å². The lowest BCUT2D eigenvalue weighted by Crippen LogP contribution is -2.21. The third-order valence-corrected chi connectivity index (χ3v) is 6.49. The van der Waals surface area contributed by atoms with E-state index in [4.69, 9.17) is 9.47 Å². The number of amides is 1. The summed E-state index contributed by atoms with van der Waals surface area (Å²) in [6, 6.07) is 12.1. The van der Waals surface area contributed by atoms with E-state index in [0.717, 1.165) is 66.0 Å². The summed E-state index contributed by atoms with van der Waals surface area (Å²) in [5, 5.41) is 12.9. The fourth-order valence-electron chi connectivity index (χ4n) is 4.47. The Kier molecular flexibility index (Phi) is 11.1. The van der Waals surface area contributed by atoms with Crippen LogP contribution in [-0.4, -0.2) is 31.3 Å². The number of hydrogen-bond donors (Lipinski definition) is 2. The van der Waals surface area contributed by atoms with Crippen LogP contribution in [0.15, 0.2) is 36.4 Å². The number of anilines is 1.